The molecule has 0 saturated heterocycles. The lowest BCUT2D eigenvalue weighted by Crippen LogP contribution is -2.31. The SMILES string of the molecule is CC[C@H](C(=O)c1ccc(Br)cc1)S(=O)(=O)CC. The fourth-order valence-corrected chi connectivity index (χ4v) is 3.24. The van der Waals surface area contributed by atoms with E-state index >= 15 is 0 Å². The third-order valence-electron chi connectivity index (χ3n) is 2.63. The Kier molecular flexibility index (Phi) is 4.89. The van der Waals surface area contributed by atoms with Crippen molar-refractivity contribution in [3.63, 3.8) is 0 Å². The van der Waals surface area contributed by atoms with Gasteiger partial charge in [0.2, 0.25) is 0 Å². The predicted molar refractivity (Wildman–Crippen MR) is 72.0 cm³/mol. The smallest absolute Gasteiger partial charge is 0.180 e. The number of rotatable bonds is 5. The lowest BCUT2D eigenvalue weighted by Gasteiger charge is -2.13. The first-order valence-electron chi connectivity index (χ1n) is 5.43. The summed E-state index contributed by atoms with van der Waals surface area (Å²) in [7, 11) is -3.33. The Morgan fingerprint density at radius 2 is 1.76 bits per heavy atom. The average Bonchev–Trinajstić information content (AvgIpc) is 2.30. The van der Waals surface area contributed by atoms with E-state index < -0.39 is 15.1 Å². The number of halogens is 1. The molecule has 0 heterocycles. The number of hydrogen-bond donors (Lipinski definition) is 0. The van der Waals surface area contributed by atoms with E-state index in [0.29, 0.717) is 12.0 Å². The minimum atomic E-state index is -3.33. The van der Waals surface area contributed by atoms with E-state index in [1.54, 1.807) is 38.1 Å². The van der Waals surface area contributed by atoms with E-state index in [-0.39, 0.29) is 11.5 Å². The van der Waals surface area contributed by atoms with Gasteiger partial charge in [0, 0.05) is 15.8 Å². The number of benzene rings is 1. The van der Waals surface area contributed by atoms with Gasteiger partial charge in [0.25, 0.3) is 0 Å². The second kappa shape index (κ2) is 5.78. The van der Waals surface area contributed by atoms with Crippen LogP contribution in [0, 0.1) is 0 Å². The topological polar surface area (TPSA) is 51.2 Å². The number of Topliss-reactive ketones (excluding diaryl/α,β-unsaturated/α-hetero) is 1. The molecule has 1 aromatic carbocycles. The van der Waals surface area contributed by atoms with E-state index in [1.165, 1.54) is 0 Å². The van der Waals surface area contributed by atoms with Crippen LogP contribution >= 0.6 is 15.9 Å². The monoisotopic (exact) mass is 318 g/mol. The third-order valence-corrected chi connectivity index (χ3v) is 5.38. The van der Waals surface area contributed by atoms with Crippen molar-refractivity contribution in [1.29, 1.82) is 0 Å². The lowest BCUT2D eigenvalue weighted by molar-refractivity contribution is 0.0985. The van der Waals surface area contributed by atoms with Crippen LogP contribution in [0.4, 0.5) is 0 Å². The van der Waals surface area contributed by atoms with Gasteiger partial charge < -0.3 is 0 Å². The zero-order valence-corrected chi connectivity index (χ0v) is 12.2. The first kappa shape index (κ1) is 14.4. The highest BCUT2D eigenvalue weighted by Crippen LogP contribution is 2.17. The van der Waals surface area contributed by atoms with Gasteiger partial charge in [-0.3, -0.25) is 4.79 Å². The van der Waals surface area contributed by atoms with Crippen LogP contribution in [0.1, 0.15) is 30.6 Å². The number of carbonyl (C=O) groups is 1. The maximum atomic E-state index is 12.1. The molecule has 0 spiro atoms. The van der Waals surface area contributed by atoms with Crippen LogP contribution < -0.4 is 0 Å². The van der Waals surface area contributed by atoms with Crippen LogP contribution in [-0.2, 0) is 9.84 Å². The zero-order chi connectivity index (χ0) is 13.1. The maximum absolute atomic E-state index is 12.1. The summed E-state index contributed by atoms with van der Waals surface area (Å²) in [6.45, 7) is 3.28. The number of hydrogen-bond acceptors (Lipinski definition) is 3. The molecule has 0 fully saturated rings. The van der Waals surface area contributed by atoms with Gasteiger partial charge in [-0.15, -0.1) is 0 Å². The van der Waals surface area contributed by atoms with Crippen LogP contribution in [0.15, 0.2) is 28.7 Å². The van der Waals surface area contributed by atoms with E-state index in [1.807, 2.05) is 0 Å². The number of sulfone groups is 1. The Balaban J connectivity index is 3.07. The summed E-state index contributed by atoms with van der Waals surface area (Å²) in [5, 5.41) is -0.923. The van der Waals surface area contributed by atoms with Crippen molar-refractivity contribution in [2.24, 2.45) is 0 Å². The molecule has 0 aliphatic carbocycles. The fraction of sp³-hybridized carbons (Fsp3) is 0.417. The Hall–Kier alpha value is -0.680. The average molecular weight is 319 g/mol. The first-order valence-corrected chi connectivity index (χ1v) is 7.94. The van der Waals surface area contributed by atoms with E-state index in [2.05, 4.69) is 15.9 Å². The van der Waals surface area contributed by atoms with E-state index in [9.17, 15) is 13.2 Å². The molecule has 3 nitrogen and oxygen atoms in total. The van der Waals surface area contributed by atoms with Crippen molar-refractivity contribution in [1.82, 2.24) is 0 Å². The van der Waals surface area contributed by atoms with Gasteiger partial charge in [-0.05, 0) is 18.6 Å². The van der Waals surface area contributed by atoms with Crippen molar-refractivity contribution in [3.8, 4) is 0 Å². The molecular formula is C12H15BrO3S. The second-order valence-electron chi connectivity index (χ2n) is 3.72. The van der Waals surface area contributed by atoms with Gasteiger partial charge in [0.05, 0.1) is 0 Å². The van der Waals surface area contributed by atoms with Crippen molar-refractivity contribution in [2.45, 2.75) is 25.5 Å². The molecule has 0 aromatic heterocycles. The Bertz CT molecular complexity index is 491. The van der Waals surface area contributed by atoms with Gasteiger partial charge in [-0.1, -0.05) is 41.9 Å². The van der Waals surface area contributed by atoms with Crippen LogP contribution in [0.3, 0.4) is 0 Å². The zero-order valence-electron chi connectivity index (χ0n) is 9.81. The predicted octanol–water partition coefficient (Wildman–Crippen LogP) is 2.85. The third kappa shape index (κ3) is 3.39. The van der Waals surface area contributed by atoms with Gasteiger partial charge in [0.15, 0.2) is 15.6 Å². The molecule has 94 valence electrons. The minimum Gasteiger partial charge on any atom is -0.293 e. The summed E-state index contributed by atoms with van der Waals surface area (Å²) >= 11 is 3.27. The Morgan fingerprint density at radius 1 is 1.24 bits per heavy atom. The summed E-state index contributed by atoms with van der Waals surface area (Å²) in [4.78, 5) is 12.1. The molecule has 17 heavy (non-hydrogen) atoms. The summed E-state index contributed by atoms with van der Waals surface area (Å²) < 4.78 is 24.4. The minimum absolute atomic E-state index is 0.00618. The second-order valence-corrected chi connectivity index (χ2v) is 7.11. The lowest BCUT2D eigenvalue weighted by atomic mass is 10.1. The molecule has 1 aromatic rings. The molecule has 0 aliphatic heterocycles. The normalized spacial score (nSPS) is 13.4. The molecule has 0 N–H and O–H groups in total. The van der Waals surface area contributed by atoms with Crippen molar-refractivity contribution in [2.75, 3.05) is 5.75 Å². The molecule has 0 aliphatic rings. The van der Waals surface area contributed by atoms with Crippen molar-refractivity contribution < 1.29 is 13.2 Å². The largest absolute Gasteiger partial charge is 0.293 e. The van der Waals surface area contributed by atoms with Gasteiger partial charge in [-0.2, -0.15) is 0 Å². The van der Waals surface area contributed by atoms with Crippen molar-refractivity contribution >= 4 is 31.6 Å². The molecule has 0 radical (unpaired) electrons. The molecule has 0 saturated carbocycles. The molecule has 0 unspecified atom stereocenters. The van der Waals surface area contributed by atoms with E-state index in [0.717, 1.165) is 4.47 Å². The highest BCUT2D eigenvalue weighted by Gasteiger charge is 2.29. The number of ketones is 1. The van der Waals surface area contributed by atoms with Gasteiger partial charge in [-0.25, -0.2) is 8.42 Å². The van der Waals surface area contributed by atoms with Gasteiger partial charge >= 0.3 is 0 Å². The molecule has 1 rings (SSSR count). The standard InChI is InChI=1S/C12H15BrO3S/c1-3-11(17(15,16)4-2)12(14)9-5-7-10(13)8-6-9/h5-8,11H,3-4H2,1-2H3/t11-/m1/s1. The quantitative estimate of drug-likeness (QED) is 0.784. The fourth-order valence-electron chi connectivity index (χ4n) is 1.60. The highest BCUT2D eigenvalue weighted by atomic mass is 79.9. The summed E-state index contributed by atoms with van der Waals surface area (Å²) in [5.41, 5.74) is 0.442. The molecule has 0 bridgehead atoms. The first-order chi connectivity index (χ1) is 7.92. The van der Waals surface area contributed by atoms with Crippen LogP contribution in [0.2, 0.25) is 0 Å². The Morgan fingerprint density at radius 3 is 2.18 bits per heavy atom. The highest BCUT2D eigenvalue weighted by molar-refractivity contribution is 9.10. The molecule has 5 heteroatoms. The summed E-state index contributed by atoms with van der Waals surface area (Å²) in [6, 6.07) is 6.75. The summed E-state index contributed by atoms with van der Waals surface area (Å²) in [6.07, 6.45) is 0.311. The maximum Gasteiger partial charge on any atom is 0.180 e. The molecule has 0 amide bonds. The molecular weight excluding hydrogens is 304 g/mol. The van der Waals surface area contributed by atoms with Crippen LogP contribution in [0.5, 0.6) is 0 Å². The number of carbonyl (C=O) groups excluding carboxylic acids is 1. The molecule has 1 atom stereocenters. The van der Waals surface area contributed by atoms with Crippen LogP contribution in [-0.4, -0.2) is 25.2 Å². The Labute approximate surface area is 110 Å². The van der Waals surface area contributed by atoms with Gasteiger partial charge in [0.1, 0.15) is 5.25 Å². The van der Waals surface area contributed by atoms with Crippen LogP contribution in [0.25, 0.3) is 0 Å². The summed E-state index contributed by atoms with van der Waals surface area (Å²) in [5.74, 6) is -0.324. The van der Waals surface area contributed by atoms with E-state index in [4.69, 9.17) is 0 Å². The van der Waals surface area contributed by atoms with Crippen molar-refractivity contribution in [3.05, 3.63) is 34.3 Å².